The van der Waals surface area contributed by atoms with E-state index in [2.05, 4.69) is 31.3 Å². The summed E-state index contributed by atoms with van der Waals surface area (Å²) in [7, 11) is 0. The Bertz CT molecular complexity index is 716. The third-order valence-corrected chi connectivity index (χ3v) is 7.77. The summed E-state index contributed by atoms with van der Waals surface area (Å²) in [5.41, 5.74) is 0. The molecule has 0 spiro atoms. The normalized spacial score (nSPS) is 24.4. The van der Waals surface area contributed by atoms with Gasteiger partial charge in [-0.3, -0.25) is 4.79 Å². The van der Waals surface area contributed by atoms with Gasteiger partial charge in [-0.2, -0.15) is 0 Å². The average molecular weight is 600 g/mol. The number of aliphatic hydroxyl groups is 5. The molecule has 0 aromatic heterocycles. The van der Waals surface area contributed by atoms with E-state index in [0.29, 0.717) is 6.42 Å². The van der Waals surface area contributed by atoms with Crippen molar-refractivity contribution in [3.05, 3.63) is 24.3 Å². The van der Waals surface area contributed by atoms with Crippen LogP contribution in [0.1, 0.15) is 123 Å². The van der Waals surface area contributed by atoms with Gasteiger partial charge in [0, 0.05) is 6.42 Å². The maximum Gasteiger partial charge on any atom is 0.220 e. The van der Waals surface area contributed by atoms with Crippen molar-refractivity contribution < 1.29 is 39.8 Å². The molecule has 1 fully saturated rings. The van der Waals surface area contributed by atoms with Crippen LogP contribution in [0.4, 0.5) is 0 Å². The third-order valence-electron chi connectivity index (χ3n) is 7.77. The van der Waals surface area contributed by atoms with Crippen molar-refractivity contribution in [1.82, 2.24) is 5.32 Å². The fourth-order valence-electron chi connectivity index (χ4n) is 4.96. The molecular weight excluding hydrogens is 538 g/mol. The third kappa shape index (κ3) is 17.1. The number of aliphatic hydroxyl groups excluding tert-OH is 5. The second-order valence-electron chi connectivity index (χ2n) is 11.6. The molecular formula is C33H61NO8. The molecule has 7 unspecified atom stereocenters. The van der Waals surface area contributed by atoms with E-state index in [1.165, 1.54) is 38.5 Å². The molecule has 42 heavy (non-hydrogen) atoms. The molecule has 9 heteroatoms. The van der Waals surface area contributed by atoms with Gasteiger partial charge in [-0.1, -0.05) is 102 Å². The van der Waals surface area contributed by atoms with E-state index in [-0.39, 0.29) is 12.5 Å². The Balaban J connectivity index is 2.54. The molecule has 1 heterocycles. The molecule has 1 saturated heterocycles. The number of amides is 1. The number of carbonyl (C=O) groups excluding carboxylic acids is 1. The SMILES string of the molecule is CCCC/C=C\CCCCCCCC(=O)NC(COC1OC(CO)C(O)C(O)C1O)C(O)/C=C/CCCCCCCC. The fourth-order valence-corrected chi connectivity index (χ4v) is 4.96. The number of hydrogen-bond donors (Lipinski definition) is 6. The highest BCUT2D eigenvalue weighted by Crippen LogP contribution is 2.22. The number of hydrogen-bond acceptors (Lipinski definition) is 8. The van der Waals surface area contributed by atoms with Crippen molar-refractivity contribution in [2.75, 3.05) is 13.2 Å². The van der Waals surface area contributed by atoms with Gasteiger partial charge in [0.25, 0.3) is 0 Å². The maximum atomic E-state index is 12.7. The van der Waals surface area contributed by atoms with Crippen LogP contribution < -0.4 is 5.32 Å². The smallest absolute Gasteiger partial charge is 0.220 e. The van der Waals surface area contributed by atoms with Crippen molar-refractivity contribution >= 4 is 5.91 Å². The highest BCUT2D eigenvalue weighted by atomic mass is 16.7. The molecule has 0 bridgehead atoms. The number of rotatable bonds is 25. The van der Waals surface area contributed by atoms with Gasteiger partial charge in [0.1, 0.15) is 24.4 Å². The van der Waals surface area contributed by atoms with Gasteiger partial charge in [0.05, 0.1) is 25.4 Å². The van der Waals surface area contributed by atoms with Crippen LogP contribution in [0.15, 0.2) is 24.3 Å². The molecule has 0 aliphatic carbocycles. The van der Waals surface area contributed by atoms with Gasteiger partial charge in [-0.25, -0.2) is 0 Å². The largest absolute Gasteiger partial charge is 0.394 e. The lowest BCUT2D eigenvalue weighted by molar-refractivity contribution is -0.302. The van der Waals surface area contributed by atoms with Crippen LogP contribution >= 0.6 is 0 Å². The topological polar surface area (TPSA) is 149 Å². The maximum absolute atomic E-state index is 12.7. The van der Waals surface area contributed by atoms with Crippen LogP contribution in [-0.2, 0) is 14.3 Å². The van der Waals surface area contributed by atoms with Crippen LogP contribution in [0.3, 0.4) is 0 Å². The quantitative estimate of drug-likeness (QED) is 0.0667. The highest BCUT2D eigenvalue weighted by Gasteiger charge is 2.44. The molecule has 0 radical (unpaired) electrons. The number of unbranched alkanes of at least 4 members (excludes halogenated alkanes) is 13. The Morgan fingerprint density at radius 3 is 2.00 bits per heavy atom. The van der Waals surface area contributed by atoms with Gasteiger partial charge < -0.3 is 40.3 Å². The second-order valence-corrected chi connectivity index (χ2v) is 11.6. The van der Waals surface area contributed by atoms with E-state index in [9.17, 15) is 30.3 Å². The predicted octanol–water partition coefficient (Wildman–Crippen LogP) is 4.43. The molecule has 0 aromatic rings. The Kier molecular flexibility index (Phi) is 23.1. The zero-order chi connectivity index (χ0) is 31.0. The van der Waals surface area contributed by atoms with Crippen molar-refractivity contribution in [2.45, 2.75) is 166 Å². The molecule has 1 amide bonds. The molecule has 6 N–H and O–H groups in total. The first-order chi connectivity index (χ1) is 20.3. The summed E-state index contributed by atoms with van der Waals surface area (Å²) in [6.45, 7) is 3.63. The second kappa shape index (κ2) is 25.0. The van der Waals surface area contributed by atoms with Gasteiger partial charge in [0.15, 0.2) is 6.29 Å². The summed E-state index contributed by atoms with van der Waals surface area (Å²) in [6, 6.07) is -0.801. The molecule has 1 rings (SSSR count). The molecule has 1 aliphatic rings. The van der Waals surface area contributed by atoms with E-state index in [4.69, 9.17) is 9.47 Å². The summed E-state index contributed by atoms with van der Waals surface area (Å²) >= 11 is 0. The zero-order valence-corrected chi connectivity index (χ0v) is 26.2. The Labute approximate surface area is 254 Å². The molecule has 246 valence electrons. The lowest BCUT2D eigenvalue weighted by Gasteiger charge is -2.40. The van der Waals surface area contributed by atoms with E-state index < -0.39 is 49.5 Å². The summed E-state index contributed by atoms with van der Waals surface area (Å²) in [4.78, 5) is 12.7. The van der Waals surface area contributed by atoms with Crippen LogP contribution in [0.5, 0.6) is 0 Å². The first kappa shape index (κ1) is 38.7. The van der Waals surface area contributed by atoms with Gasteiger partial charge >= 0.3 is 0 Å². The first-order valence-corrected chi connectivity index (χ1v) is 16.6. The minimum absolute atomic E-state index is 0.192. The van der Waals surface area contributed by atoms with Crippen LogP contribution in [0.25, 0.3) is 0 Å². The van der Waals surface area contributed by atoms with Crippen LogP contribution in [0.2, 0.25) is 0 Å². The lowest BCUT2D eigenvalue weighted by Crippen LogP contribution is -2.60. The minimum Gasteiger partial charge on any atom is -0.394 e. The van der Waals surface area contributed by atoms with E-state index >= 15 is 0 Å². The standard InChI is InChI=1S/C33H61NO8/c1-3-5-7-9-11-13-14-15-17-19-21-23-29(37)34-26(27(36)22-20-18-16-12-10-8-6-4-2)25-41-33-32(40)31(39)30(38)28(24-35)42-33/h9,11,20,22,26-28,30-33,35-36,38-40H,3-8,10,12-19,21,23-25H2,1-2H3,(H,34,37)/b11-9-,22-20+. The van der Waals surface area contributed by atoms with Crippen LogP contribution in [-0.4, -0.2) is 87.5 Å². The van der Waals surface area contributed by atoms with E-state index in [1.807, 2.05) is 6.08 Å². The van der Waals surface area contributed by atoms with Crippen molar-refractivity contribution in [2.24, 2.45) is 0 Å². The number of allylic oxidation sites excluding steroid dienone is 3. The fraction of sp³-hybridized carbons (Fsp3) is 0.848. The highest BCUT2D eigenvalue weighted by molar-refractivity contribution is 5.76. The lowest BCUT2D eigenvalue weighted by atomic mass is 9.99. The number of carbonyl (C=O) groups is 1. The van der Waals surface area contributed by atoms with Crippen molar-refractivity contribution in [3.63, 3.8) is 0 Å². The summed E-state index contributed by atoms with van der Waals surface area (Å²) in [5, 5.41) is 53.5. The summed E-state index contributed by atoms with van der Waals surface area (Å²) in [5.74, 6) is -0.195. The minimum atomic E-state index is -1.56. The molecule has 0 saturated carbocycles. The molecule has 0 aromatic carbocycles. The summed E-state index contributed by atoms with van der Waals surface area (Å²) < 4.78 is 11.1. The van der Waals surface area contributed by atoms with Crippen molar-refractivity contribution in [3.8, 4) is 0 Å². The monoisotopic (exact) mass is 599 g/mol. The number of ether oxygens (including phenoxy) is 2. The number of nitrogens with one attached hydrogen (secondary N) is 1. The average Bonchev–Trinajstić information content (AvgIpc) is 2.98. The van der Waals surface area contributed by atoms with Gasteiger partial charge in [0.2, 0.25) is 5.91 Å². The Morgan fingerprint density at radius 1 is 0.786 bits per heavy atom. The Hall–Kier alpha value is -1.33. The molecule has 9 nitrogen and oxygen atoms in total. The van der Waals surface area contributed by atoms with E-state index in [1.54, 1.807) is 6.08 Å². The zero-order valence-electron chi connectivity index (χ0n) is 26.2. The molecule has 1 aliphatic heterocycles. The molecule has 7 atom stereocenters. The predicted molar refractivity (Wildman–Crippen MR) is 166 cm³/mol. The van der Waals surface area contributed by atoms with Crippen molar-refractivity contribution in [1.29, 1.82) is 0 Å². The summed E-state index contributed by atoms with van der Waals surface area (Å²) in [6.07, 6.45) is 18.1. The first-order valence-electron chi connectivity index (χ1n) is 16.6. The van der Waals surface area contributed by atoms with Crippen LogP contribution in [0, 0.1) is 0 Å². The van der Waals surface area contributed by atoms with Gasteiger partial charge in [-0.05, 0) is 38.5 Å². The van der Waals surface area contributed by atoms with Gasteiger partial charge in [-0.15, -0.1) is 0 Å². The Morgan fingerprint density at radius 2 is 1.36 bits per heavy atom. The van der Waals surface area contributed by atoms with E-state index in [0.717, 1.165) is 64.2 Å².